The Morgan fingerprint density at radius 3 is 2.72 bits per heavy atom. The van der Waals surface area contributed by atoms with Crippen molar-refractivity contribution in [2.75, 3.05) is 6.54 Å². The van der Waals surface area contributed by atoms with Crippen LogP contribution in [0.4, 0.5) is 0 Å². The summed E-state index contributed by atoms with van der Waals surface area (Å²) in [4.78, 5) is 9.55. The smallest absolute Gasteiger partial charge is 0.125 e. The lowest BCUT2D eigenvalue weighted by Gasteiger charge is -2.36. The van der Waals surface area contributed by atoms with E-state index in [1.165, 1.54) is 6.42 Å². The average Bonchev–Trinajstić information content (AvgIpc) is 3.16. The van der Waals surface area contributed by atoms with Gasteiger partial charge in [0.15, 0.2) is 0 Å². The summed E-state index contributed by atoms with van der Waals surface area (Å²) < 4.78 is 0. The van der Waals surface area contributed by atoms with E-state index in [4.69, 9.17) is 28.2 Å². The normalized spacial score (nSPS) is 20.6. The lowest BCUT2D eigenvalue weighted by Crippen LogP contribution is -2.47. The molecule has 3 nitrogen and oxygen atoms in total. The predicted octanol–water partition coefficient (Wildman–Crippen LogP) is 5.53. The third-order valence-electron chi connectivity index (χ3n) is 4.63. The van der Waals surface area contributed by atoms with Gasteiger partial charge in [-0.1, -0.05) is 41.4 Å². The molecule has 1 aliphatic heterocycles. The van der Waals surface area contributed by atoms with Crippen LogP contribution in [0.25, 0.3) is 10.6 Å². The summed E-state index contributed by atoms with van der Waals surface area (Å²) in [5, 5.41) is 7.77. The fourth-order valence-electron chi connectivity index (χ4n) is 3.35. The number of pyridine rings is 1. The summed E-state index contributed by atoms with van der Waals surface area (Å²) in [5.74, 6) is 0. The minimum atomic E-state index is -0.334. The highest BCUT2D eigenvalue weighted by molar-refractivity contribution is 7.13. The zero-order chi connectivity index (χ0) is 17.3. The molecular weight excluding hydrogens is 373 g/mol. The van der Waals surface area contributed by atoms with Gasteiger partial charge in [-0.15, -0.1) is 11.3 Å². The quantitative estimate of drug-likeness (QED) is 0.639. The van der Waals surface area contributed by atoms with Crippen LogP contribution in [0, 0.1) is 0 Å². The topological polar surface area (TPSA) is 37.8 Å². The van der Waals surface area contributed by atoms with Crippen molar-refractivity contribution in [3.05, 3.63) is 69.4 Å². The molecule has 1 N–H and O–H groups in total. The van der Waals surface area contributed by atoms with E-state index in [0.29, 0.717) is 10.0 Å². The predicted molar refractivity (Wildman–Crippen MR) is 104 cm³/mol. The van der Waals surface area contributed by atoms with Crippen LogP contribution in [0.15, 0.2) is 48.0 Å². The minimum Gasteiger partial charge on any atom is -0.301 e. The summed E-state index contributed by atoms with van der Waals surface area (Å²) in [7, 11) is 0. The van der Waals surface area contributed by atoms with E-state index in [2.05, 4.69) is 21.7 Å². The van der Waals surface area contributed by atoms with Gasteiger partial charge in [0.1, 0.15) is 10.5 Å². The maximum absolute atomic E-state index is 6.38. The Labute approximate surface area is 161 Å². The SMILES string of the molecule is Clc1cccc(-c2nc(C3(c4ccccn4)CCCCN3)cs2)c1Cl. The third kappa shape index (κ3) is 3.08. The number of nitrogens with one attached hydrogen (secondary N) is 1. The molecule has 0 spiro atoms. The number of rotatable bonds is 3. The molecule has 1 unspecified atom stereocenters. The molecule has 0 bridgehead atoms. The van der Waals surface area contributed by atoms with Crippen molar-refractivity contribution in [3.63, 3.8) is 0 Å². The monoisotopic (exact) mass is 389 g/mol. The van der Waals surface area contributed by atoms with E-state index in [-0.39, 0.29) is 5.54 Å². The van der Waals surface area contributed by atoms with Gasteiger partial charge in [0.05, 0.1) is 21.4 Å². The molecule has 3 heterocycles. The van der Waals surface area contributed by atoms with E-state index in [0.717, 1.165) is 41.3 Å². The van der Waals surface area contributed by atoms with Gasteiger partial charge in [-0.2, -0.15) is 0 Å². The molecule has 1 aliphatic rings. The number of benzene rings is 1. The number of nitrogens with zero attached hydrogens (tertiary/aromatic N) is 2. The molecule has 0 radical (unpaired) electrons. The first kappa shape index (κ1) is 17.0. The molecule has 0 amide bonds. The Bertz CT molecular complexity index is 873. The zero-order valence-electron chi connectivity index (χ0n) is 13.5. The molecule has 0 aliphatic carbocycles. The number of hydrogen-bond donors (Lipinski definition) is 1. The second-order valence-corrected chi connectivity index (χ2v) is 7.79. The van der Waals surface area contributed by atoms with Gasteiger partial charge >= 0.3 is 0 Å². The summed E-state index contributed by atoms with van der Waals surface area (Å²) >= 11 is 14.1. The van der Waals surface area contributed by atoms with Gasteiger partial charge in [-0.3, -0.25) is 4.98 Å². The lowest BCUT2D eigenvalue weighted by molar-refractivity contribution is 0.297. The van der Waals surface area contributed by atoms with Gasteiger partial charge in [-0.05, 0) is 44.0 Å². The standard InChI is InChI=1S/C19H17Cl2N3S/c20-14-7-5-6-13(17(14)21)18-24-16(12-25-18)19(9-2-4-11-23-19)15-8-1-3-10-22-15/h1,3,5-8,10,12,23H,2,4,9,11H2. The molecule has 1 aromatic carbocycles. The van der Waals surface area contributed by atoms with Gasteiger partial charge in [0, 0.05) is 17.1 Å². The molecule has 128 valence electrons. The van der Waals surface area contributed by atoms with Crippen molar-refractivity contribution < 1.29 is 0 Å². The second-order valence-electron chi connectivity index (χ2n) is 6.14. The van der Waals surface area contributed by atoms with Crippen LogP contribution in [0.2, 0.25) is 10.0 Å². The van der Waals surface area contributed by atoms with Crippen LogP contribution in [-0.4, -0.2) is 16.5 Å². The van der Waals surface area contributed by atoms with E-state index in [1.54, 1.807) is 17.4 Å². The number of hydrogen-bond acceptors (Lipinski definition) is 4. The largest absolute Gasteiger partial charge is 0.301 e. The first-order chi connectivity index (χ1) is 12.2. The lowest BCUT2D eigenvalue weighted by atomic mass is 9.83. The first-order valence-corrected chi connectivity index (χ1v) is 9.91. The third-order valence-corrected chi connectivity index (χ3v) is 6.33. The van der Waals surface area contributed by atoms with Crippen molar-refractivity contribution in [2.45, 2.75) is 24.8 Å². The fraction of sp³-hybridized carbons (Fsp3) is 0.263. The Morgan fingerprint density at radius 2 is 1.96 bits per heavy atom. The molecule has 1 fully saturated rings. The van der Waals surface area contributed by atoms with Crippen molar-refractivity contribution in [1.82, 2.24) is 15.3 Å². The van der Waals surface area contributed by atoms with Gasteiger partial charge in [0.25, 0.3) is 0 Å². The maximum Gasteiger partial charge on any atom is 0.125 e. The summed E-state index contributed by atoms with van der Waals surface area (Å²) in [6, 6.07) is 11.7. The molecule has 1 atom stereocenters. The average molecular weight is 390 g/mol. The van der Waals surface area contributed by atoms with Gasteiger partial charge in [-0.25, -0.2) is 4.98 Å². The fourth-order valence-corrected chi connectivity index (χ4v) is 4.72. The Balaban J connectivity index is 1.80. The molecule has 6 heteroatoms. The molecule has 3 aromatic rings. The first-order valence-electron chi connectivity index (χ1n) is 8.28. The molecule has 1 saturated heterocycles. The number of thiazole rings is 1. The zero-order valence-corrected chi connectivity index (χ0v) is 15.8. The van der Waals surface area contributed by atoms with Crippen LogP contribution in [0.3, 0.4) is 0 Å². The molecule has 25 heavy (non-hydrogen) atoms. The van der Waals surface area contributed by atoms with Crippen LogP contribution in [0.5, 0.6) is 0 Å². The Kier molecular flexibility index (Phi) is 4.78. The summed E-state index contributed by atoms with van der Waals surface area (Å²) in [6.45, 7) is 0.960. The number of halogens is 2. The maximum atomic E-state index is 6.38. The second kappa shape index (κ2) is 7.04. The van der Waals surface area contributed by atoms with Crippen molar-refractivity contribution in [3.8, 4) is 10.6 Å². The Morgan fingerprint density at radius 1 is 1.04 bits per heavy atom. The molecule has 4 rings (SSSR count). The van der Waals surface area contributed by atoms with Crippen molar-refractivity contribution >= 4 is 34.5 Å². The summed E-state index contributed by atoms with van der Waals surface area (Å²) in [5.41, 5.74) is 2.56. The van der Waals surface area contributed by atoms with Crippen molar-refractivity contribution in [1.29, 1.82) is 0 Å². The Hall–Kier alpha value is -1.46. The van der Waals surface area contributed by atoms with Crippen molar-refractivity contribution in [2.24, 2.45) is 0 Å². The highest BCUT2D eigenvalue weighted by Crippen LogP contribution is 2.40. The highest BCUT2D eigenvalue weighted by Gasteiger charge is 2.39. The van der Waals surface area contributed by atoms with Gasteiger partial charge in [0.2, 0.25) is 0 Å². The molecule has 2 aromatic heterocycles. The minimum absolute atomic E-state index is 0.334. The van der Waals surface area contributed by atoms with E-state index in [9.17, 15) is 0 Å². The molecular formula is C19H17Cl2N3S. The van der Waals surface area contributed by atoms with E-state index >= 15 is 0 Å². The van der Waals surface area contributed by atoms with Crippen LogP contribution in [-0.2, 0) is 5.54 Å². The summed E-state index contributed by atoms with van der Waals surface area (Å²) in [6.07, 6.45) is 5.14. The van der Waals surface area contributed by atoms with E-state index < -0.39 is 0 Å². The van der Waals surface area contributed by atoms with Crippen LogP contribution < -0.4 is 5.32 Å². The highest BCUT2D eigenvalue weighted by atomic mass is 35.5. The van der Waals surface area contributed by atoms with E-state index in [1.807, 2.05) is 30.5 Å². The van der Waals surface area contributed by atoms with Crippen LogP contribution >= 0.6 is 34.5 Å². The number of piperidine rings is 1. The van der Waals surface area contributed by atoms with Crippen LogP contribution in [0.1, 0.15) is 30.7 Å². The number of aromatic nitrogens is 2. The molecule has 0 saturated carbocycles. The van der Waals surface area contributed by atoms with Gasteiger partial charge < -0.3 is 5.32 Å².